The molecule has 0 bridgehead atoms. The van der Waals surface area contributed by atoms with Gasteiger partial charge in [0, 0.05) is 17.1 Å². The second kappa shape index (κ2) is 8.16. The normalized spacial score (nSPS) is 29.6. The van der Waals surface area contributed by atoms with E-state index in [0.29, 0.717) is 5.92 Å². The van der Waals surface area contributed by atoms with Crippen molar-refractivity contribution in [3.05, 3.63) is 70.7 Å². The lowest BCUT2D eigenvalue weighted by molar-refractivity contribution is 0.208. The molecule has 0 aromatic heterocycles. The average molecular weight is 397 g/mol. The fraction of sp³-hybridized carbons (Fsp3) is 0.458. The number of amides is 2. The van der Waals surface area contributed by atoms with Crippen LogP contribution in [0.15, 0.2) is 54.6 Å². The van der Waals surface area contributed by atoms with Crippen molar-refractivity contribution in [2.45, 2.75) is 68.9 Å². The number of urea groups is 1. The van der Waals surface area contributed by atoms with E-state index in [0.717, 1.165) is 43.5 Å². The van der Waals surface area contributed by atoms with Gasteiger partial charge < -0.3 is 10.6 Å². The maximum atomic E-state index is 12.4. The fourth-order valence-electron chi connectivity index (χ4n) is 4.68. The van der Waals surface area contributed by atoms with Crippen molar-refractivity contribution in [2.24, 2.45) is 0 Å². The van der Waals surface area contributed by atoms with Gasteiger partial charge in [-0.05, 0) is 73.1 Å². The highest BCUT2D eigenvalue weighted by Crippen LogP contribution is 2.39. The Bertz CT molecular complexity index is 791. The van der Waals surface area contributed by atoms with Gasteiger partial charge in [0.1, 0.15) is 0 Å². The van der Waals surface area contributed by atoms with Crippen LogP contribution in [-0.4, -0.2) is 18.1 Å². The molecule has 0 saturated heterocycles. The van der Waals surface area contributed by atoms with E-state index in [1.54, 1.807) is 0 Å². The van der Waals surface area contributed by atoms with Crippen molar-refractivity contribution in [3.63, 3.8) is 0 Å². The van der Waals surface area contributed by atoms with Crippen LogP contribution in [0.25, 0.3) is 0 Å². The summed E-state index contributed by atoms with van der Waals surface area (Å²) in [5.74, 6) is 0.531. The molecule has 2 saturated carbocycles. The van der Waals surface area contributed by atoms with Crippen LogP contribution in [-0.2, 0) is 5.41 Å². The lowest BCUT2D eigenvalue weighted by atomic mass is 9.70. The number of hydrogen-bond acceptors (Lipinski definition) is 1. The van der Waals surface area contributed by atoms with Crippen LogP contribution in [0.3, 0.4) is 0 Å². The fourth-order valence-corrected chi connectivity index (χ4v) is 4.81. The number of carbonyl (C=O) groups is 1. The summed E-state index contributed by atoms with van der Waals surface area (Å²) in [5.41, 5.74) is 2.96. The Labute approximate surface area is 172 Å². The highest BCUT2D eigenvalue weighted by atomic mass is 35.5. The first kappa shape index (κ1) is 19.3. The number of rotatable bonds is 4. The van der Waals surface area contributed by atoms with Gasteiger partial charge in [0.05, 0.1) is 0 Å². The molecule has 0 unspecified atom stereocenters. The molecule has 4 rings (SSSR count). The molecule has 2 fully saturated rings. The predicted molar refractivity (Wildman–Crippen MR) is 115 cm³/mol. The van der Waals surface area contributed by atoms with Crippen LogP contribution in [0.4, 0.5) is 4.79 Å². The van der Waals surface area contributed by atoms with E-state index in [2.05, 4.69) is 60.0 Å². The monoisotopic (exact) mass is 396 g/mol. The zero-order valence-corrected chi connectivity index (χ0v) is 17.2. The Balaban J connectivity index is 1.20. The Morgan fingerprint density at radius 2 is 1.54 bits per heavy atom. The van der Waals surface area contributed by atoms with Crippen molar-refractivity contribution in [2.75, 3.05) is 0 Å². The number of carbonyl (C=O) groups excluding carboxylic acids is 1. The second-order valence-electron chi connectivity index (χ2n) is 8.74. The molecule has 2 aromatic rings. The topological polar surface area (TPSA) is 41.1 Å². The third-order valence-corrected chi connectivity index (χ3v) is 6.96. The number of nitrogens with one attached hydrogen (secondary N) is 2. The summed E-state index contributed by atoms with van der Waals surface area (Å²) in [7, 11) is 0. The molecular weight excluding hydrogens is 368 g/mol. The van der Waals surface area contributed by atoms with Crippen LogP contribution in [0.5, 0.6) is 0 Å². The van der Waals surface area contributed by atoms with Gasteiger partial charge in [0.15, 0.2) is 0 Å². The smallest absolute Gasteiger partial charge is 0.315 e. The Morgan fingerprint density at radius 3 is 2.18 bits per heavy atom. The molecule has 148 valence electrons. The van der Waals surface area contributed by atoms with Gasteiger partial charge in [-0.25, -0.2) is 4.79 Å². The van der Waals surface area contributed by atoms with E-state index in [9.17, 15) is 4.79 Å². The van der Waals surface area contributed by atoms with E-state index in [-0.39, 0.29) is 23.5 Å². The van der Waals surface area contributed by atoms with Gasteiger partial charge in [-0.3, -0.25) is 0 Å². The van der Waals surface area contributed by atoms with E-state index in [1.165, 1.54) is 11.1 Å². The molecule has 3 nitrogen and oxygen atoms in total. The molecule has 0 atom stereocenters. The van der Waals surface area contributed by atoms with Crippen molar-refractivity contribution in [1.82, 2.24) is 10.6 Å². The lowest BCUT2D eigenvalue weighted by Crippen LogP contribution is -2.51. The molecule has 2 aromatic carbocycles. The molecular formula is C24H29ClN2O. The van der Waals surface area contributed by atoms with Crippen LogP contribution < -0.4 is 10.6 Å². The zero-order valence-electron chi connectivity index (χ0n) is 16.5. The van der Waals surface area contributed by atoms with E-state index >= 15 is 0 Å². The van der Waals surface area contributed by atoms with Gasteiger partial charge in [-0.15, -0.1) is 0 Å². The summed E-state index contributed by atoms with van der Waals surface area (Å²) in [5, 5.41) is 7.12. The summed E-state index contributed by atoms with van der Waals surface area (Å²) in [6, 6.07) is 19.4. The minimum Gasteiger partial charge on any atom is -0.335 e. The predicted octanol–water partition coefficient (Wildman–Crippen LogP) is 5.79. The third-order valence-electron chi connectivity index (χ3n) is 6.71. The summed E-state index contributed by atoms with van der Waals surface area (Å²) in [4.78, 5) is 12.4. The standard InChI is InChI=1S/C24H29ClN2O/c1-24(19-5-3-2-4-6-19)13-11-21(12-14-24)26-23(28)27-22-15-18(16-22)17-7-9-20(25)10-8-17/h2-10,18,21-22H,11-16H2,1H3,(H2,26,27,28). The van der Waals surface area contributed by atoms with Crippen LogP contribution in [0.1, 0.15) is 62.5 Å². The number of benzene rings is 2. The van der Waals surface area contributed by atoms with Gasteiger partial charge >= 0.3 is 6.03 Å². The molecule has 0 spiro atoms. The van der Waals surface area contributed by atoms with Crippen LogP contribution in [0.2, 0.25) is 5.02 Å². The molecule has 0 heterocycles. The summed E-state index contributed by atoms with van der Waals surface area (Å²) in [6.07, 6.45) is 6.32. The van der Waals surface area contributed by atoms with E-state index in [4.69, 9.17) is 11.6 Å². The van der Waals surface area contributed by atoms with Gasteiger partial charge in [0.25, 0.3) is 0 Å². The SMILES string of the molecule is CC1(c2ccccc2)CCC(NC(=O)NC2CC(c3ccc(Cl)cc3)C2)CC1. The Kier molecular flexibility index (Phi) is 5.63. The maximum absolute atomic E-state index is 12.4. The summed E-state index contributed by atoms with van der Waals surface area (Å²) < 4.78 is 0. The lowest BCUT2D eigenvalue weighted by Gasteiger charge is -2.39. The highest BCUT2D eigenvalue weighted by Gasteiger charge is 2.34. The van der Waals surface area contributed by atoms with Crippen LogP contribution in [0, 0.1) is 0 Å². The highest BCUT2D eigenvalue weighted by molar-refractivity contribution is 6.30. The van der Waals surface area contributed by atoms with Crippen LogP contribution >= 0.6 is 11.6 Å². The molecule has 0 aliphatic heterocycles. The average Bonchev–Trinajstić information content (AvgIpc) is 2.68. The third kappa shape index (κ3) is 4.35. The summed E-state index contributed by atoms with van der Waals surface area (Å²) in [6.45, 7) is 2.35. The molecule has 2 N–H and O–H groups in total. The molecule has 2 aliphatic rings. The van der Waals surface area contributed by atoms with Gasteiger partial charge in [-0.2, -0.15) is 0 Å². The molecule has 2 aliphatic carbocycles. The van der Waals surface area contributed by atoms with Crippen molar-refractivity contribution in [1.29, 1.82) is 0 Å². The number of hydrogen-bond donors (Lipinski definition) is 2. The second-order valence-corrected chi connectivity index (χ2v) is 9.17. The number of halogens is 1. The maximum Gasteiger partial charge on any atom is 0.315 e. The minimum absolute atomic E-state index is 0.00660. The molecule has 2 amide bonds. The van der Waals surface area contributed by atoms with E-state index < -0.39 is 0 Å². The Morgan fingerprint density at radius 1 is 0.929 bits per heavy atom. The molecule has 4 heteroatoms. The molecule has 28 heavy (non-hydrogen) atoms. The minimum atomic E-state index is -0.00660. The van der Waals surface area contributed by atoms with E-state index in [1.807, 2.05) is 12.1 Å². The Hall–Kier alpha value is -2.00. The first-order chi connectivity index (χ1) is 13.5. The largest absolute Gasteiger partial charge is 0.335 e. The van der Waals surface area contributed by atoms with Crippen molar-refractivity contribution >= 4 is 17.6 Å². The molecule has 0 radical (unpaired) electrons. The zero-order chi connectivity index (χ0) is 19.6. The van der Waals surface area contributed by atoms with Crippen molar-refractivity contribution < 1.29 is 4.79 Å². The van der Waals surface area contributed by atoms with Gasteiger partial charge in [0.2, 0.25) is 0 Å². The first-order valence-corrected chi connectivity index (χ1v) is 10.8. The van der Waals surface area contributed by atoms with Crippen molar-refractivity contribution in [3.8, 4) is 0 Å². The summed E-state index contributed by atoms with van der Waals surface area (Å²) >= 11 is 5.95. The van der Waals surface area contributed by atoms with Gasteiger partial charge in [-0.1, -0.05) is 61.0 Å². The quantitative estimate of drug-likeness (QED) is 0.675. The first-order valence-electron chi connectivity index (χ1n) is 10.4.